The van der Waals surface area contributed by atoms with E-state index in [9.17, 15) is 24.6 Å². The second-order valence-electron chi connectivity index (χ2n) is 23.1. The van der Waals surface area contributed by atoms with Crippen LogP contribution >= 0.6 is 0 Å². The van der Waals surface area contributed by atoms with Crippen molar-refractivity contribution in [2.75, 3.05) is 111 Å². The van der Waals surface area contributed by atoms with E-state index in [0.29, 0.717) is 45.4 Å². The van der Waals surface area contributed by atoms with E-state index in [-0.39, 0.29) is 37.5 Å². The van der Waals surface area contributed by atoms with Gasteiger partial charge in [-0.05, 0) is 71.2 Å². The van der Waals surface area contributed by atoms with Gasteiger partial charge >= 0.3 is 0 Å². The zero-order chi connectivity index (χ0) is 58.0. The Morgan fingerprint density at radius 3 is 0.823 bits per heavy atom. The molecule has 0 saturated heterocycles. The molecule has 0 heterocycles. The molecule has 472 valence electrons. The van der Waals surface area contributed by atoms with Crippen LogP contribution in [0.3, 0.4) is 0 Å². The van der Waals surface area contributed by atoms with Crippen molar-refractivity contribution in [2.24, 2.45) is 0 Å². The first kappa shape index (κ1) is 79.2. The first-order valence-electron chi connectivity index (χ1n) is 34.3. The summed E-state index contributed by atoms with van der Waals surface area (Å²) in [6, 6.07) is 0. The van der Waals surface area contributed by atoms with E-state index >= 15 is 0 Å². The highest BCUT2D eigenvalue weighted by Crippen LogP contribution is 2.15. The largest absolute Gasteiger partial charge is 0.395 e. The van der Waals surface area contributed by atoms with E-state index in [1.165, 1.54) is 212 Å². The molecule has 0 rings (SSSR count). The number of unbranched alkanes of at least 4 members (excludes halogenated alkanes) is 33. The number of hydrogen-bond acceptors (Lipinski definition) is 10. The molecule has 0 unspecified atom stereocenters. The Hall–Kier alpha value is -1.87. The van der Waals surface area contributed by atoms with Crippen LogP contribution in [0.4, 0.5) is 0 Å². The van der Waals surface area contributed by atoms with Gasteiger partial charge in [0.05, 0.1) is 19.8 Å². The zero-order valence-electron chi connectivity index (χ0n) is 53.1. The molecule has 0 aromatic carbocycles. The summed E-state index contributed by atoms with van der Waals surface area (Å²) in [6.45, 7) is 20.1. The molecule has 0 fully saturated rings. The third kappa shape index (κ3) is 65.2. The molecule has 0 bridgehead atoms. The number of aliphatic hydroxyl groups is 3. The van der Waals surface area contributed by atoms with Gasteiger partial charge in [-0.3, -0.25) is 19.3 Å². The monoisotopic (exact) mass is 1120 g/mol. The van der Waals surface area contributed by atoms with Gasteiger partial charge in [0.25, 0.3) is 0 Å². The van der Waals surface area contributed by atoms with Crippen LogP contribution < -0.4 is 21.3 Å². The fourth-order valence-electron chi connectivity index (χ4n) is 10.4. The van der Waals surface area contributed by atoms with Gasteiger partial charge in [0, 0.05) is 78.2 Å². The Bertz CT molecular complexity index is 1160. The van der Waals surface area contributed by atoms with Crippen LogP contribution in [0.5, 0.6) is 0 Å². The van der Waals surface area contributed by atoms with Gasteiger partial charge in [-0.2, -0.15) is 0 Å². The SMILES string of the molecule is CCCCCCCCCCCCCCNC(=O)CCN(CCCN(CCO)CCO)CCC(=O)NCCCCCCCCCCCCCC.CCCCCCCCCCCCCCNC(=O)CCNCCCN(CCC)CCO. The number of amides is 3. The Balaban J connectivity index is 0. The molecule has 0 spiro atoms. The molecule has 0 aliphatic rings. The molecular weight excluding hydrogens is 987 g/mol. The minimum absolute atomic E-state index is 0.0719. The van der Waals surface area contributed by atoms with Crippen molar-refractivity contribution >= 4 is 17.7 Å². The third-order valence-corrected chi connectivity index (χ3v) is 15.5. The lowest BCUT2D eigenvalue weighted by atomic mass is 10.1. The van der Waals surface area contributed by atoms with E-state index in [1.54, 1.807) is 0 Å². The smallest absolute Gasteiger partial charge is 0.221 e. The lowest BCUT2D eigenvalue weighted by molar-refractivity contribution is -0.122. The molecule has 0 radical (unpaired) electrons. The maximum atomic E-state index is 12.6. The first-order chi connectivity index (χ1) is 38.8. The predicted molar refractivity (Wildman–Crippen MR) is 339 cm³/mol. The standard InChI is InChI=1S/C41H84N4O4.C25H53N3O2/c1-3-5-7-9-11-13-15-17-19-21-23-25-30-42-40(48)28-34-44(32-27-33-45(36-38-46)37-39-47)35-29-41(49)43-31-26-24-22-20-18-16-14-12-10-8-6-4-2;1-3-5-6-7-8-9-10-11-12-13-14-15-19-27-25(30)17-20-26-18-16-22-28(21-4-2)23-24-29/h46-47H,3-39H2,1-2H3,(H,42,48)(H,43,49);26,29H,3-24H2,1-2H3,(H,27,30). The minimum Gasteiger partial charge on any atom is -0.395 e. The molecule has 0 aliphatic carbocycles. The number of hydrogen-bond donors (Lipinski definition) is 7. The highest BCUT2D eigenvalue weighted by molar-refractivity contribution is 5.77. The molecule has 7 N–H and O–H groups in total. The summed E-state index contributed by atoms with van der Waals surface area (Å²) in [5.74, 6) is 0.344. The first-order valence-corrected chi connectivity index (χ1v) is 34.3. The molecule has 0 saturated carbocycles. The molecule has 13 nitrogen and oxygen atoms in total. The van der Waals surface area contributed by atoms with Crippen LogP contribution in [0, 0.1) is 0 Å². The van der Waals surface area contributed by atoms with Gasteiger partial charge in [0.1, 0.15) is 0 Å². The molecule has 3 amide bonds. The van der Waals surface area contributed by atoms with Gasteiger partial charge in [0.15, 0.2) is 0 Å². The van der Waals surface area contributed by atoms with Gasteiger partial charge in [-0.1, -0.05) is 240 Å². The summed E-state index contributed by atoms with van der Waals surface area (Å²) in [5, 5.41) is 40.3. The minimum atomic E-state index is 0.0719. The second-order valence-corrected chi connectivity index (χ2v) is 23.1. The summed E-state index contributed by atoms with van der Waals surface area (Å²) in [4.78, 5) is 43.7. The van der Waals surface area contributed by atoms with Crippen molar-refractivity contribution in [3.63, 3.8) is 0 Å². The topological polar surface area (TPSA) is 170 Å². The van der Waals surface area contributed by atoms with E-state index in [4.69, 9.17) is 5.11 Å². The van der Waals surface area contributed by atoms with E-state index in [1.807, 2.05) is 0 Å². The highest BCUT2D eigenvalue weighted by atomic mass is 16.3. The van der Waals surface area contributed by atoms with Crippen molar-refractivity contribution in [1.29, 1.82) is 0 Å². The molecular formula is C66H137N7O6. The van der Waals surface area contributed by atoms with E-state index in [2.05, 4.69) is 63.7 Å². The predicted octanol–water partition coefficient (Wildman–Crippen LogP) is 13.3. The number of aliphatic hydroxyl groups excluding tert-OH is 3. The van der Waals surface area contributed by atoms with Gasteiger partial charge in [-0.25, -0.2) is 0 Å². The average molecular weight is 1120 g/mol. The quantitative estimate of drug-likeness (QED) is 0.0291. The van der Waals surface area contributed by atoms with Crippen LogP contribution in [0.15, 0.2) is 0 Å². The normalized spacial score (nSPS) is 11.5. The van der Waals surface area contributed by atoms with Crippen LogP contribution in [0.25, 0.3) is 0 Å². The fourth-order valence-corrected chi connectivity index (χ4v) is 10.4. The fraction of sp³-hybridized carbons (Fsp3) is 0.955. The van der Waals surface area contributed by atoms with Crippen LogP contribution in [0.2, 0.25) is 0 Å². The van der Waals surface area contributed by atoms with Crippen molar-refractivity contribution in [3.05, 3.63) is 0 Å². The van der Waals surface area contributed by atoms with Crippen molar-refractivity contribution in [2.45, 2.75) is 297 Å². The van der Waals surface area contributed by atoms with Crippen LogP contribution in [0.1, 0.15) is 297 Å². The van der Waals surface area contributed by atoms with Crippen LogP contribution in [-0.2, 0) is 14.4 Å². The Kier molecular flexibility index (Phi) is 68.8. The van der Waals surface area contributed by atoms with Crippen molar-refractivity contribution < 1.29 is 29.7 Å². The maximum absolute atomic E-state index is 12.6. The molecule has 0 aromatic heterocycles. The van der Waals surface area contributed by atoms with Crippen molar-refractivity contribution in [3.8, 4) is 0 Å². The lowest BCUT2D eigenvalue weighted by Crippen LogP contribution is -2.37. The summed E-state index contributed by atoms with van der Waals surface area (Å²) in [7, 11) is 0. The summed E-state index contributed by atoms with van der Waals surface area (Å²) in [6.07, 6.45) is 52.1. The highest BCUT2D eigenvalue weighted by Gasteiger charge is 2.13. The number of rotatable bonds is 64. The Morgan fingerprint density at radius 1 is 0.253 bits per heavy atom. The Morgan fingerprint density at radius 2 is 0.519 bits per heavy atom. The number of carbonyl (C=O) groups is 3. The molecule has 13 heteroatoms. The zero-order valence-corrected chi connectivity index (χ0v) is 53.1. The number of carbonyl (C=O) groups excluding carboxylic acids is 3. The summed E-state index contributed by atoms with van der Waals surface area (Å²) < 4.78 is 0. The molecule has 0 atom stereocenters. The molecule has 79 heavy (non-hydrogen) atoms. The number of nitrogens with zero attached hydrogens (tertiary/aromatic N) is 3. The van der Waals surface area contributed by atoms with Gasteiger partial charge in [0.2, 0.25) is 17.7 Å². The second kappa shape index (κ2) is 68.6. The molecule has 0 aliphatic heterocycles. The lowest BCUT2D eigenvalue weighted by Gasteiger charge is -2.25. The van der Waals surface area contributed by atoms with Gasteiger partial charge < -0.3 is 46.4 Å². The van der Waals surface area contributed by atoms with E-state index < -0.39 is 0 Å². The third-order valence-electron chi connectivity index (χ3n) is 15.5. The van der Waals surface area contributed by atoms with Crippen LogP contribution in [-0.4, -0.2) is 159 Å². The molecule has 0 aromatic rings. The number of nitrogens with one attached hydrogen (secondary N) is 4. The van der Waals surface area contributed by atoms with Crippen molar-refractivity contribution in [1.82, 2.24) is 36.0 Å². The Labute approximate surface area is 490 Å². The summed E-state index contributed by atoms with van der Waals surface area (Å²) in [5.41, 5.74) is 0. The van der Waals surface area contributed by atoms with E-state index in [0.717, 1.165) is 104 Å². The summed E-state index contributed by atoms with van der Waals surface area (Å²) >= 11 is 0. The maximum Gasteiger partial charge on any atom is 0.221 e. The average Bonchev–Trinajstić information content (AvgIpc) is 3.44. The van der Waals surface area contributed by atoms with Gasteiger partial charge in [-0.15, -0.1) is 0 Å².